The third-order valence-corrected chi connectivity index (χ3v) is 3.95. The van der Waals surface area contributed by atoms with Gasteiger partial charge >= 0.3 is 0 Å². The molecule has 0 radical (unpaired) electrons. The number of morpholine rings is 1. The van der Waals surface area contributed by atoms with Crippen molar-refractivity contribution in [2.24, 2.45) is 0 Å². The summed E-state index contributed by atoms with van der Waals surface area (Å²) in [4.78, 5) is 2.42. The molecule has 1 aliphatic heterocycles. The molecule has 0 aliphatic carbocycles. The van der Waals surface area contributed by atoms with Gasteiger partial charge in [0.05, 0.1) is 12.7 Å². The molecule has 0 amide bonds. The maximum Gasteiger partial charge on any atom is 0.0955 e. The second-order valence-corrected chi connectivity index (χ2v) is 5.60. The molecule has 106 valence electrons. The molecule has 3 heteroatoms. The van der Waals surface area contributed by atoms with Gasteiger partial charge in [0.25, 0.3) is 0 Å². The zero-order valence-corrected chi connectivity index (χ0v) is 12.2. The van der Waals surface area contributed by atoms with Gasteiger partial charge in [-0.1, -0.05) is 23.8 Å². The first-order chi connectivity index (χ1) is 9.11. The highest BCUT2D eigenvalue weighted by Crippen LogP contribution is 2.28. The van der Waals surface area contributed by atoms with Gasteiger partial charge in [0.1, 0.15) is 0 Å². The third-order valence-electron chi connectivity index (χ3n) is 3.95. The van der Waals surface area contributed by atoms with Gasteiger partial charge in [0.2, 0.25) is 0 Å². The first kappa shape index (κ1) is 14.5. The lowest BCUT2D eigenvalue weighted by molar-refractivity contribution is -0.0613. The van der Waals surface area contributed by atoms with E-state index in [0.717, 1.165) is 26.1 Å². The Morgan fingerprint density at radius 1 is 1.37 bits per heavy atom. The second kappa shape index (κ2) is 6.51. The van der Waals surface area contributed by atoms with Crippen LogP contribution in [0.5, 0.6) is 0 Å². The third kappa shape index (κ3) is 3.56. The molecule has 1 aromatic carbocycles. The molecule has 1 aromatic rings. The van der Waals surface area contributed by atoms with E-state index in [1.807, 2.05) is 0 Å². The Morgan fingerprint density at radius 2 is 2.16 bits per heavy atom. The number of aliphatic hydroxyl groups excluding tert-OH is 1. The summed E-state index contributed by atoms with van der Waals surface area (Å²) in [5.74, 6) is 0. The van der Waals surface area contributed by atoms with E-state index in [1.165, 1.54) is 16.7 Å². The lowest BCUT2D eigenvalue weighted by Crippen LogP contribution is -2.45. The largest absolute Gasteiger partial charge is 0.396 e. The van der Waals surface area contributed by atoms with E-state index in [0.29, 0.717) is 6.04 Å². The average molecular weight is 263 g/mol. The van der Waals surface area contributed by atoms with E-state index in [-0.39, 0.29) is 12.7 Å². The highest BCUT2D eigenvalue weighted by Gasteiger charge is 2.27. The number of benzene rings is 1. The van der Waals surface area contributed by atoms with Crippen molar-refractivity contribution in [2.45, 2.75) is 39.3 Å². The number of aryl methyl sites for hydroxylation is 2. The molecule has 1 aliphatic rings. The first-order valence-electron chi connectivity index (χ1n) is 7.15. The highest BCUT2D eigenvalue weighted by atomic mass is 16.5. The van der Waals surface area contributed by atoms with Crippen LogP contribution in [-0.2, 0) is 4.74 Å². The maximum atomic E-state index is 8.99. The number of hydrogen-bond donors (Lipinski definition) is 1. The molecule has 2 atom stereocenters. The summed E-state index contributed by atoms with van der Waals surface area (Å²) in [6, 6.07) is 6.99. The van der Waals surface area contributed by atoms with Gasteiger partial charge in [-0.2, -0.15) is 0 Å². The van der Waals surface area contributed by atoms with Crippen molar-refractivity contribution in [1.29, 1.82) is 0 Å². The minimum atomic E-state index is 0.162. The normalized spacial score (nSPS) is 24.6. The van der Waals surface area contributed by atoms with Crippen molar-refractivity contribution in [2.75, 3.05) is 26.3 Å². The van der Waals surface area contributed by atoms with Gasteiger partial charge in [-0.3, -0.25) is 4.90 Å². The number of ether oxygens (including phenoxy) is 1. The van der Waals surface area contributed by atoms with Gasteiger partial charge in [0.15, 0.2) is 0 Å². The molecular weight excluding hydrogens is 238 g/mol. The van der Waals surface area contributed by atoms with E-state index in [9.17, 15) is 0 Å². The van der Waals surface area contributed by atoms with Gasteiger partial charge in [0, 0.05) is 25.7 Å². The van der Waals surface area contributed by atoms with Crippen LogP contribution in [0.25, 0.3) is 0 Å². The Labute approximate surface area is 116 Å². The van der Waals surface area contributed by atoms with Crippen LogP contribution >= 0.6 is 0 Å². The van der Waals surface area contributed by atoms with Crippen molar-refractivity contribution in [3.05, 3.63) is 34.9 Å². The molecule has 0 spiro atoms. The number of nitrogens with zero attached hydrogens (tertiary/aromatic N) is 1. The molecule has 0 aromatic heterocycles. The van der Waals surface area contributed by atoms with Gasteiger partial charge < -0.3 is 9.84 Å². The van der Waals surface area contributed by atoms with Crippen LogP contribution in [0.2, 0.25) is 0 Å². The Kier molecular flexibility index (Phi) is 4.97. The molecule has 1 N–H and O–H groups in total. The fourth-order valence-corrected chi connectivity index (χ4v) is 2.69. The Hall–Kier alpha value is -0.900. The van der Waals surface area contributed by atoms with Crippen LogP contribution in [0, 0.1) is 13.8 Å². The first-order valence-corrected chi connectivity index (χ1v) is 7.15. The highest BCUT2D eigenvalue weighted by molar-refractivity contribution is 5.32. The molecule has 0 saturated carbocycles. The molecular formula is C16H25NO2. The molecule has 3 nitrogen and oxygen atoms in total. The van der Waals surface area contributed by atoms with Gasteiger partial charge in [-0.05, 0) is 38.3 Å². The summed E-state index contributed by atoms with van der Waals surface area (Å²) < 4.78 is 6.02. The van der Waals surface area contributed by atoms with E-state index < -0.39 is 0 Å². The summed E-state index contributed by atoms with van der Waals surface area (Å²) in [5.41, 5.74) is 3.89. The SMILES string of the molecule is Cc1ccc(C)c(C2CN(CCCO)C(C)CO2)c1. The molecule has 2 unspecified atom stereocenters. The minimum Gasteiger partial charge on any atom is -0.396 e. The van der Waals surface area contributed by atoms with Crippen molar-refractivity contribution in [1.82, 2.24) is 4.90 Å². The summed E-state index contributed by atoms with van der Waals surface area (Å²) in [6.45, 7) is 9.36. The van der Waals surface area contributed by atoms with E-state index in [4.69, 9.17) is 9.84 Å². The lowest BCUT2D eigenvalue weighted by Gasteiger charge is -2.38. The zero-order chi connectivity index (χ0) is 13.8. The van der Waals surface area contributed by atoms with Crippen molar-refractivity contribution < 1.29 is 9.84 Å². The van der Waals surface area contributed by atoms with Crippen LogP contribution in [0.15, 0.2) is 18.2 Å². The van der Waals surface area contributed by atoms with Gasteiger partial charge in [-0.25, -0.2) is 0 Å². The molecule has 0 bridgehead atoms. The molecule has 1 saturated heterocycles. The fourth-order valence-electron chi connectivity index (χ4n) is 2.69. The van der Waals surface area contributed by atoms with Crippen molar-refractivity contribution >= 4 is 0 Å². The standard InChI is InChI=1S/C16H25NO2/c1-12-5-6-13(2)15(9-12)16-10-17(7-4-8-18)14(3)11-19-16/h5-6,9,14,16,18H,4,7-8,10-11H2,1-3H3. The Morgan fingerprint density at radius 3 is 2.89 bits per heavy atom. The zero-order valence-electron chi connectivity index (χ0n) is 12.2. The maximum absolute atomic E-state index is 8.99. The number of aliphatic hydroxyl groups is 1. The number of hydrogen-bond acceptors (Lipinski definition) is 3. The molecule has 1 fully saturated rings. The van der Waals surface area contributed by atoms with E-state index in [1.54, 1.807) is 0 Å². The quantitative estimate of drug-likeness (QED) is 0.905. The van der Waals surface area contributed by atoms with Crippen LogP contribution in [0.4, 0.5) is 0 Å². The Balaban J connectivity index is 2.10. The summed E-state index contributed by atoms with van der Waals surface area (Å²) in [7, 11) is 0. The summed E-state index contributed by atoms with van der Waals surface area (Å²) >= 11 is 0. The van der Waals surface area contributed by atoms with Crippen LogP contribution in [0.3, 0.4) is 0 Å². The topological polar surface area (TPSA) is 32.7 Å². The van der Waals surface area contributed by atoms with Crippen molar-refractivity contribution in [3.63, 3.8) is 0 Å². The fraction of sp³-hybridized carbons (Fsp3) is 0.625. The average Bonchev–Trinajstić information content (AvgIpc) is 2.41. The van der Waals surface area contributed by atoms with E-state index in [2.05, 4.69) is 43.9 Å². The molecule has 1 heterocycles. The minimum absolute atomic E-state index is 0.162. The van der Waals surface area contributed by atoms with Crippen LogP contribution in [0.1, 0.15) is 36.1 Å². The monoisotopic (exact) mass is 263 g/mol. The molecule has 2 rings (SSSR count). The van der Waals surface area contributed by atoms with Crippen LogP contribution < -0.4 is 0 Å². The summed E-state index contributed by atoms with van der Waals surface area (Å²) in [5, 5.41) is 8.99. The smallest absolute Gasteiger partial charge is 0.0955 e. The van der Waals surface area contributed by atoms with E-state index >= 15 is 0 Å². The predicted octanol–water partition coefficient (Wildman–Crippen LogP) is 2.45. The second-order valence-electron chi connectivity index (χ2n) is 5.60. The predicted molar refractivity (Wildman–Crippen MR) is 77.3 cm³/mol. The Bertz CT molecular complexity index is 419. The molecule has 19 heavy (non-hydrogen) atoms. The van der Waals surface area contributed by atoms with Crippen LogP contribution in [-0.4, -0.2) is 42.4 Å². The van der Waals surface area contributed by atoms with Crippen molar-refractivity contribution in [3.8, 4) is 0 Å². The lowest BCUT2D eigenvalue weighted by atomic mass is 9.99. The number of rotatable bonds is 4. The summed E-state index contributed by atoms with van der Waals surface area (Å²) in [6.07, 6.45) is 0.999. The van der Waals surface area contributed by atoms with Gasteiger partial charge in [-0.15, -0.1) is 0 Å².